The maximum absolute atomic E-state index is 2.27. The van der Waals surface area contributed by atoms with Gasteiger partial charge < -0.3 is 0 Å². The van der Waals surface area contributed by atoms with Gasteiger partial charge in [0, 0.05) is 0 Å². The van der Waals surface area contributed by atoms with Crippen LogP contribution in [0.15, 0.2) is 21.0 Å². The molecule has 0 bridgehead atoms. The van der Waals surface area contributed by atoms with Crippen molar-refractivity contribution < 1.29 is 24.7 Å². The summed E-state index contributed by atoms with van der Waals surface area (Å²) in [6.45, 7) is 2.15. The van der Waals surface area contributed by atoms with Gasteiger partial charge in [0.1, 0.15) is 0 Å². The molecule has 0 saturated carbocycles. The normalized spacial score (nSPS) is 16.5. The van der Waals surface area contributed by atoms with E-state index in [-0.39, 0.29) is 12.4 Å². The van der Waals surface area contributed by atoms with E-state index >= 15 is 0 Å². The zero-order valence-electron chi connectivity index (χ0n) is 4.77. The Labute approximate surface area is 71.3 Å². The molecule has 0 saturated heterocycles. The fourth-order valence-electron chi connectivity index (χ4n) is 0.664. The standard InChI is InChI=1S/C6H7.ClH.Zr/c1-6-4-2-3-5-6;;/h4-5H,2H2,1H3;1H;. The summed E-state index contributed by atoms with van der Waals surface area (Å²) in [6.07, 6.45) is 5.74. The van der Waals surface area contributed by atoms with Gasteiger partial charge in [-0.3, -0.25) is 0 Å². The topological polar surface area (TPSA) is 0 Å². The van der Waals surface area contributed by atoms with Crippen LogP contribution in [-0.4, -0.2) is 0 Å². The molecule has 1 aliphatic rings. The Morgan fingerprint density at radius 2 is 2.25 bits per heavy atom. The van der Waals surface area contributed by atoms with Gasteiger partial charge in [-0.2, -0.15) is 0 Å². The van der Waals surface area contributed by atoms with E-state index in [1.165, 1.54) is 12.0 Å². The van der Waals surface area contributed by atoms with Crippen LogP contribution in [0.4, 0.5) is 0 Å². The van der Waals surface area contributed by atoms with E-state index in [4.69, 9.17) is 0 Å². The van der Waals surface area contributed by atoms with E-state index in [1.807, 2.05) is 0 Å². The molecule has 0 N–H and O–H groups in total. The number of hydrogen-bond donors (Lipinski definition) is 0. The Morgan fingerprint density at radius 3 is 2.38 bits per heavy atom. The zero-order valence-corrected chi connectivity index (χ0v) is 8.04. The summed E-state index contributed by atoms with van der Waals surface area (Å²) >= 11 is 1.57. The molecular weight excluding hydrogens is 199 g/mol. The maximum Gasteiger partial charge on any atom is -0.147 e. The third kappa shape index (κ3) is 2.28. The van der Waals surface area contributed by atoms with Gasteiger partial charge in [-0.15, -0.1) is 12.4 Å². The van der Waals surface area contributed by atoms with E-state index < -0.39 is 0 Å². The number of rotatable bonds is 0. The number of halogens is 1. The van der Waals surface area contributed by atoms with E-state index in [9.17, 15) is 0 Å². The van der Waals surface area contributed by atoms with Crippen LogP contribution in [0.1, 0.15) is 13.3 Å². The first-order valence-electron chi connectivity index (χ1n) is 2.38. The molecule has 0 nitrogen and oxygen atoms in total. The largest absolute Gasteiger partial charge is 0.147 e. The van der Waals surface area contributed by atoms with Crippen molar-refractivity contribution in [1.82, 2.24) is 0 Å². The number of hydrogen-bond acceptors (Lipinski definition) is 0. The molecule has 0 spiro atoms. The average Bonchev–Trinajstić information content (AvgIpc) is 1.87. The molecule has 0 unspecified atom stereocenters. The first-order chi connectivity index (χ1) is 3.29. The number of allylic oxidation sites excluding steroid dienone is 4. The molecule has 0 aromatic heterocycles. The van der Waals surface area contributed by atoms with Crippen LogP contribution in [0.5, 0.6) is 0 Å². The summed E-state index contributed by atoms with van der Waals surface area (Å²) in [7, 11) is 0. The summed E-state index contributed by atoms with van der Waals surface area (Å²) in [5, 5.41) is 0. The summed E-state index contributed by atoms with van der Waals surface area (Å²) < 4.78 is 1.57. The SMILES string of the molecule is CC1=CC[C]([Zr])=C1.Cl. The zero-order chi connectivity index (χ0) is 5.28. The molecule has 8 heavy (non-hydrogen) atoms. The van der Waals surface area contributed by atoms with Crippen molar-refractivity contribution in [3.05, 3.63) is 21.0 Å². The summed E-state index contributed by atoms with van der Waals surface area (Å²) in [4.78, 5) is 0. The van der Waals surface area contributed by atoms with Gasteiger partial charge >= 0.3 is 59.1 Å². The minimum Gasteiger partial charge on any atom is -0.147 e. The Morgan fingerprint density at radius 1 is 1.62 bits per heavy atom. The van der Waals surface area contributed by atoms with Gasteiger partial charge in [0.05, 0.1) is 0 Å². The molecule has 0 heterocycles. The first kappa shape index (κ1) is 8.65. The van der Waals surface area contributed by atoms with Crippen molar-refractivity contribution in [1.29, 1.82) is 0 Å². The molecule has 0 fully saturated rings. The fraction of sp³-hybridized carbons (Fsp3) is 0.333. The van der Waals surface area contributed by atoms with E-state index in [0.29, 0.717) is 0 Å². The summed E-state index contributed by atoms with van der Waals surface area (Å²) in [5.41, 5.74) is 1.44. The van der Waals surface area contributed by atoms with Gasteiger partial charge in [0.2, 0.25) is 0 Å². The van der Waals surface area contributed by atoms with Crippen LogP contribution in [0.3, 0.4) is 0 Å². The second-order valence-corrected chi connectivity index (χ2v) is 3.40. The van der Waals surface area contributed by atoms with E-state index in [2.05, 4.69) is 19.1 Å². The molecule has 0 aliphatic heterocycles. The van der Waals surface area contributed by atoms with E-state index in [1.54, 1.807) is 28.0 Å². The van der Waals surface area contributed by atoms with Crippen LogP contribution in [0.25, 0.3) is 0 Å². The molecule has 1 rings (SSSR count). The second-order valence-electron chi connectivity index (χ2n) is 1.82. The predicted octanol–water partition coefficient (Wildman–Crippen LogP) is 2.19. The maximum atomic E-state index is 2.27. The Kier molecular flexibility index (Phi) is 3.93. The van der Waals surface area contributed by atoms with Crippen molar-refractivity contribution in [3.8, 4) is 0 Å². The molecule has 0 aromatic rings. The molecule has 0 atom stereocenters. The Balaban J connectivity index is 0.000000490. The summed E-state index contributed by atoms with van der Waals surface area (Å²) in [6, 6.07) is 0. The molecule has 0 radical (unpaired) electrons. The Bertz CT molecular complexity index is 135. The van der Waals surface area contributed by atoms with Crippen molar-refractivity contribution >= 4 is 12.4 Å². The fourth-order valence-corrected chi connectivity index (χ4v) is 1.47. The monoisotopic (exact) mass is 205 g/mol. The van der Waals surface area contributed by atoms with Gasteiger partial charge in [0.15, 0.2) is 0 Å². The van der Waals surface area contributed by atoms with Gasteiger partial charge in [-0.25, -0.2) is 0 Å². The van der Waals surface area contributed by atoms with Crippen LogP contribution in [0.2, 0.25) is 0 Å². The van der Waals surface area contributed by atoms with Crippen molar-refractivity contribution in [2.24, 2.45) is 0 Å². The van der Waals surface area contributed by atoms with Gasteiger partial charge in [0.25, 0.3) is 0 Å². The molecule has 1 aliphatic carbocycles. The quantitative estimate of drug-likeness (QED) is 0.570. The van der Waals surface area contributed by atoms with E-state index in [0.717, 1.165) is 0 Å². The van der Waals surface area contributed by atoms with Crippen LogP contribution < -0.4 is 0 Å². The minimum atomic E-state index is 0. The molecular formula is C6H8ClZr. The molecule has 2 heteroatoms. The second kappa shape index (κ2) is 3.64. The smallest absolute Gasteiger partial charge is 0.147 e. The van der Waals surface area contributed by atoms with Gasteiger partial charge in [-0.05, 0) is 0 Å². The first-order valence-corrected chi connectivity index (χ1v) is 3.61. The summed E-state index contributed by atoms with van der Waals surface area (Å²) in [5.74, 6) is 0. The minimum absolute atomic E-state index is 0. The Hall–Kier alpha value is 0.653. The molecule has 0 aromatic carbocycles. The molecule has 0 amide bonds. The van der Waals surface area contributed by atoms with Crippen LogP contribution in [-0.2, 0) is 24.7 Å². The van der Waals surface area contributed by atoms with Crippen molar-refractivity contribution in [3.63, 3.8) is 0 Å². The molecule has 43 valence electrons. The average molecular weight is 207 g/mol. The van der Waals surface area contributed by atoms with Crippen molar-refractivity contribution in [2.75, 3.05) is 0 Å². The third-order valence-electron chi connectivity index (χ3n) is 1.05. The van der Waals surface area contributed by atoms with Crippen molar-refractivity contribution in [2.45, 2.75) is 13.3 Å². The van der Waals surface area contributed by atoms with Crippen LogP contribution >= 0.6 is 12.4 Å². The van der Waals surface area contributed by atoms with Gasteiger partial charge in [-0.1, -0.05) is 0 Å². The third-order valence-corrected chi connectivity index (χ3v) is 1.90. The predicted molar refractivity (Wildman–Crippen MR) is 33.7 cm³/mol. The van der Waals surface area contributed by atoms with Crippen LogP contribution in [0, 0.1) is 0 Å².